The molecule has 4 aromatic rings. The third-order valence-corrected chi connectivity index (χ3v) is 4.53. The average molecular weight is 328 g/mol. The predicted octanol–water partition coefficient (Wildman–Crippen LogP) is 6.75. The Bertz CT molecular complexity index is 919. The van der Waals surface area contributed by atoms with Gasteiger partial charge in [0, 0.05) is 11.5 Å². The maximum absolute atomic E-state index is 6.33. The Kier molecular flexibility index (Phi) is 4.26. The molecule has 0 aliphatic heterocycles. The molecule has 2 aromatic heterocycles. The number of benzene rings is 2. The van der Waals surface area contributed by atoms with Gasteiger partial charge in [-0.3, -0.25) is 0 Å². The van der Waals surface area contributed by atoms with E-state index in [1.807, 2.05) is 36.4 Å². The minimum Gasteiger partial charge on any atom is -0.461 e. The van der Waals surface area contributed by atoms with Crippen LogP contribution in [-0.2, 0) is 0 Å². The molecular formula is C23H20O2. The molecule has 1 atom stereocenters. The Balaban J connectivity index is 1.85. The summed E-state index contributed by atoms with van der Waals surface area (Å²) in [5.41, 5.74) is 3.47. The Morgan fingerprint density at radius 1 is 0.840 bits per heavy atom. The summed E-state index contributed by atoms with van der Waals surface area (Å²) in [6.07, 6.45) is 2.66. The van der Waals surface area contributed by atoms with Gasteiger partial charge in [0.05, 0.1) is 6.26 Å². The summed E-state index contributed by atoms with van der Waals surface area (Å²) in [4.78, 5) is 0. The molecule has 0 N–H and O–H groups in total. The standard InChI is InChI=1S/C23H20O2/c1-2-19(17-10-5-3-6-11-17)22-16-20(18-12-7-4-8-13-18)23(25-22)21-14-9-15-24-21/h3-16,19H,2H2,1H3. The topological polar surface area (TPSA) is 26.3 Å². The molecule has 4 rings (SSSR count). The van der Waals surface area contributed by atoms with E-state index < -0.39 is 0 Å². The van der Waals surface area contributed by atoms with Crippen molar-refractivity contribution < 1.29 is 8.83 Å². The minimum absolute atomic E-state index is 0.229. The van der Waals surface area contributed by atoms with Gasteiger partial charge in [-0.15, -0.1) is 0 Å². The van der Waals surface area contributed by atoms with Crippen molar-refractivity contribution in [1.29, 1.82) is 0 Å². The predicted molar refractivity (Wildman–Crippen MR) is 100 cm³/mol. The molecule has 0 fully saturated rings. The van der Waals surface area contributed by atoms with Crippen molar-refractivity contribution in [1.82, 2.24) is 0 Å². The first-order chi connectivity index (χ1) is 12.4. The van der Waals surface area contributed by atoms with Crippen molar-refractivity contribution in [2.45, 2.75) is 19.3 Å². The normalized spacial score (nSPS) is 12.2. The molecule has 0 saturated carbocycles. The summed E-state index contributed by atoms with van der Waals surface area (Å²) in [6.45, 7) is 2.19. The second-order valence-electron chi connectivity index (χ2n) is 6.11. The molecule has 0 spiro atoms. The Labute approximate surface area is 147 Å². The first-order valence-electron chi connectivity index (χ1n) is 8.64. The van der Waals surface area contributed by atoms with Gasteiger partial charge in [0.1, 0.15) is 5.76 Å². The quantitative estimate of drug-likeness (QED) is 0.405. The van der Waals surface area contributed by atoms with Crippen LogP contribution in [0.1, 0.15) is 30.6 Å². The summed E-state index contributed by atoms with van der Waals surface area (Å²) >= 11 is 0. The smallest absolute Gasteiger partial charge is 0.177 e. The Morgan fingerprint density at radius 3 is 2.20 bits per heavy atom. The zero-order chi connectivity index (χ0) is 17.1. The highest BCUT2D eigenvalue weighted by molar-refractivity contribution is 5.78. The van der Waals surface area contributed by atoms with Gasteiger partial charge in [-0.2, -0.15) is 0 Å². The highest BCUT2D eigenvalue weighted by Crippen LogP contribution is 2.40. The van der Waals surface area contributed by atoms with Gasteiger partial charge in [-0.25, -0.2) is 0 Å². The third kappa shape index (κ3) is 3.03. The lowest BCUT2D eigenvalue weighted by Gasteiger charge is -2.12. The molecule has 0 radical (unpaired) electrons. The fraction of sp³-hybridized carbons (Fsp3) is 0.130. The SMILES string of the molecule is CCC(c1ccccc1)c1cc(-c2ccccc2)c(-c2ccco2)o1. The van der Waals surface area contributed by atoms with Crippen LogP contribution in [-0.4, -0.2) is 0 Å². The van der Waals surface area contributed by atoms with Gasteiger partial charge >= 0.3 is 0 Å². The van der Waals surface area contributed by atoms with Crippen molar-refractivity contribution in [3.8, 4) is 22.6 Å². The van der Waals surface area contributed by atoms with Crippen LogP contribution in [0.25, 0.3) is 22.6 Å². The fourth-order valence-electron chi connectivity index (χ4n) is 3.29. The fourth-order valence-corrected chi connectivity index (χ4v) is 3.29. The Morgan fingerprint density at radius 2 is 1.56 bits per heavy atom. The van der Waals surface area contributed by atoms with Gasteiger partial charge in [0.2, 0.25) is 0 Å². The minimum atomic E-state index is 0.229. The van der Waals surface area contributed by atoms with Gasteiger partial charge in [0.15, 0.2) is 11.5 Å². The maximum Gasteiger partial charge on any atom is 0.177 e. The van der Waals surface area contributed by atoms with E-state index in [4.69, 9.17) is 8.83 Å². The lowest BCUT2D eigenvalue weighted by Crippen LogP contribution is -1.97. The molecule has 2 aromatic carbocycles. The molecule has 2 nitrogen and oxygen atoms in total. The molecule has 2 heterocycles. The largest absolute Gasteiger partial charge is 0.461 e. The molecule has 25 heavy (non-hydrogen) atoms. The van der Waals surface area contributed by atoms with Crippen LogP contribution in [0.2, 0.25) is 0 Å². The number of hydrogen-bond acceptors (Lipinski definition) is 2. The highest BCUT2D eigenvalue weighted by atomic mass is 16.4. The van der Waals surface area contributed by atoms with E-state index in [2.05, 4.69) is 49.4 Å². The lowest BCUT2D eigenvalue weighted by atomic mass is 9.93. The van der Waals surface area contributed by atoms with Crippen LogP contribution >= 0.6 is 0 Å². The molecule has 1 unspecified atom stereocenters. The molecule has 0 aliphatic rings. The van der Waals surface area contributed by atoms with Gasteiger partial charge in [-0.1, -0.05) is 67.6 Å². The van der Waals surface area contributed by atoms with Crippen LogP contribution in [0.3, 0.4) is 0 Å². The van der Waals surface area contributed by atoms with Crippen LogP contribution in [0.4, 0.5) is 0 Å². The number of hydrogen-bond donors (Lipinski definition) is 0. The highest BCUT2D eigenvalue weighted by Gasteiger charge is 2.22. The lowest BCUT2D eigenvalue weighted by molar-refractivity contribution is 0.471. The van der Waals surface area contributed by atoms with E-state index in [9.17, 15) is 0 Å². The second kappa shape index (κ2) is 6.86. The van der Waals surface area contributed by atoms with Crippen molar-refractivity contribution in [3.05, 3.63) is 96.4 Å². The van der Waals surface area contributed by atoms with Crippen molar-refractivity contribution in [2.24, 2.45) is 0 Å². The summed E-state index contributed by atoms with van der Waals surface area (Å²) in [7, 11) is 0. The van der Waals surface area contributed by atoms with Gasteiger partial charge in [0.25, 0.3) is 0 Å². The van der Waals surface area contributed by atoms with E-state index in [1.54, 1.807) is 6.26 Å². The first kappa shape index (κ1) is 15.5. The summed E-state index contributed by atoms with van der Waals surface area (Å²) in [6, 6.07) is 26.8. The van der Waals surface area contributed by atoms with Crippen LogP contribution in [0, 0.1) is 0 Å². The summed E-state index contributed by atoms with van der Waals surface area (Å²) < 4.78 is 11.9. The second-order valence-corrected chi connectivity index (χ2v) is 6.11. The molecule has 0 saturated heterocycles. The molecule has 2 heteroatoms. The van der Waals surface area contributed by atoms with E-state index in [1.165, 1.54) is 5.56 Å². The average Bonchev–Trinajstić information content (AvgIpc) is 3.34. The molecular weight excluding hydrogens is 308 g/mol. The monoisotopic (exact) mass is 328 g/mol. The maximum atomic E-state index is 6.33. The van der Waals surface area contributed by atoms with E-state index in [-0.39, 0.29) is 5.92 Å². The van der Waals surface area contributed by atoms with Crippen LogP contribution in [0.5, 0.6) is 0 Å². The zero-order valence-electron chi connectivity index (χ0n) is 14.2. The van der Waals surface area contributed by atoms with E-state index >= 15 is 0 Å². The van der Waals surface area contributed by atoms with E-state index in [0.717, 1.165) is 34.8 Å². The van der Waals surface area contributed by atoms with Crippen molar-refractivity contribution >= 4 is 0 Å². The zero-order valence-corrected chi connectivity index (χ0v) is 14.2. The van der Waals surface area contributed by atoms with Gasteiger partial charge < -0.3 is 8.83 Å². The number of furan rings is 2. The molecule has 0 aliphatic carbocycles. The third-order valence-electron chi connectivity index (χ3n) is 4.53. The summed E-state index contributed by atoms with van der Waals surface area (Å²) in [5.74, 6) is 2.75. The molecule has 124 valence electrons. The van der Waals surface area contributed by atoms with Crippen LogP contribution < -0.4 is 0 Å². The van der Waals surface area contributed by atoms with Crippen molar-refractivity contribution in [3.63, 3.8) is 0 Å². The summed E-state index contributed by atoms with van der Waals surface area (Å²) in [5, 5.41) is 0. The molecule has 0 bridgehead atoms. The molecule has 0 amide bonds. The van der Waals surface area contributed by atoms with Gasteiger partial charge in [-0.05, 0) is 35.7 Å². The first-order valence-corrected chi connectivity index (χ1v) is 8.64. The van der Waals surface area contributed by atoms with E-state index in [0.29, 0.717) is 0 Å². The Hall–Kier alpha value is -3.00. The van der Waals surface area contributed by atoms with Crippen molar-refractivity contribution in [2.75, 3.05) is 0 Å². The number of rotatable bonds is 5. The van der Waals surface area contributed by atoms with Crippen LogP contribution in [0.15, 0.2) is 94.0 Å².